The van der Waals surface area contributed by atoms with Crippen molar-refractivity contribution < 1.29 is 20.9 Å². The first kappa shape index (κ1) is 21.9. The van der Waals surface area contributed by atoms with Gasteiger partial charge in [-0.25, -0.2) is 15.0 Å². The van der Waals surface area contributed by atoms with Crippen molar-refractivity contribution in [1.29, 1.82) is 0 Å². The van der Waals surface area contributed by atoms with Crippen LogP contribution in [0.25, 0.3) is 106 Å². The summed E-state index contributed by atoms with van der Waals surface area (Å²) in [4.78, 5) is 14.9. The van der Waals surface area contributed by atoms with E-state index in [-0.39, 0.29) is 38.9 Å². The predicted octanol–water partition coefficient (Wildman–Crippen LogP) is 13.2. The monoisotopic (exact) mass is 728 g/mol. The van der Waals surface area contributed by atoms with Crippen LogP contribution in [0.2, 0.25) is 0 Å². The van der Waals surface area contributed by atoms with E-state index in [1.54, 1.807) is 12.1 Å². The molecule has 5 heteroatoms. The summed E-state index contributed by atoms with van der Waals surface area (Å²) in [5.74, 6) is 1.03. The summed E-state index contributed by atoms with van der Waals surface area (Å²) in [5.41, 5.74) is 3.73. The molecule has 0 aliphatic heterocycles. The van der Waals surface area contributed by atoms with Gasteiger partial charge in [0.2, 0.25) is 0 Å². The minimum Gasteiger partial charge on any atom is -0.456 e. The van der Waals surface area contributed by atoms with Crippen LogP contribution < -0.4 is 0 Å². The maximum absolute atomic E-state index is 9.37. The molecule has 0 fully saturated rings. The van der Waals surface area contributed by atoms with E-state index in [1.165, 1.54) is 4.57 Å². The van der Waals surface area contributed by atoms with Gasteiger partial charge in [-0.2, -0.15) is 0 Å². The van der Waals surface area contributed by atoms with Gasteiger partial charge in [-0.15, -0.1) is 0 Å². The molecule has 0 spiro atoms. The molecule has 0 unspecified atom stereocenters. The molecule has 262 valence electrons. The Morgan fingerprint density at radius 3 is 1.84 bits per heavy atom. The van der Waals surface area contributed by atoms with E-state index in [0.717, 1.165) is 21.9 Å². The Kier molecular flexibility index (Phi) is 5.10. The lowest BCUT2D eigenvalue weighted by Gasteiger charge is -2.17. The van der Waals surface area contributed by atoms with Crippen molar-refractivity contribution in [3.8, 4) is 62.1 Å². The highest BCUT2D eigenvalue weighted by molar-refractivity contribution is 6.14. The van der Waals surface area contributed by atoms with Gasteiger partial charge in [0, 0.05) is 49.4 Å². The van der Waals surface area contributed by atoms with Gasteiger partial charge in [0.1, 0.15) is 11.2 Å². The molecule has 0 saturated heterocycles. The second kappa shape index (κ2) is 13.0. The van der Waals surface area contributed by atoms with E-state index in [4.69, 9.17) is 30.3 Å². The van der Waals surface area contributed by atoms with Crippen LogP contribution in [0.5, 0.6) is 0 Å². The fourth-order valence-corrected chi connectivity index (χ4v) is 7.30. The molecule has 11 rings (SSSR count). The molecule has 3 heterocycles. The topological polar surface area (TPSA) is 56.7 Å². The SMILES string of the molecule is [2H]c1c([2H])c([2H])c(-c2c([2H])c([2H])c([2H])c3c4c([2H])c([2H])c([2H])c([2H])c4n(-c4ccc(-c5nc(-c6ccccc6)nc(-c6ccc7c(c6)oc6ccccc67)n5)cc4-c4ccccc4)c23)c([2H])c1[2H]. The third kappa shape index (κ3) is 5.29. The van der Waals surface area contributed by atoms with Crippen LogP contribution in [0.3, 0.4) is 0 Å². The van der Waals surface area contributed by atoms with Gasteiger partial charge in [0.25, 0.3) is 0 Å². The van der Waals surface area contributed by atoms with Crippen LogP contribution in [0.15, 0.2) is 198 Å². The van der Waals surface area contributed by atoms with E-state index >= 15 is 0 Å². The second-order valence-electron chi connectivity index (χ2n) is 13.1. The smallest absolute Gasteiger partial charge is 0.164 e. The van der Waals surface area contributed by atoms with E-state index < -0.39 is 78.1 Å². The molecule has 0 bridgehead atoms. The van der Waals surface area contributed by atoms with Gasteiger partial charge in [0.15, 0.2) is 17.5 Å². The van der Waals surface area contributed by atoms with E-state index in [9.17, 15) is 5.48 Å². The fraction of sp³-hybridized carbons (Fsp3) is 0. The van der Waals surface area contributed by atoms with Gasteiger partial charge >= 0.3 is 0 Å². The van der Waals surface area contributed by atoms with Crippen LogP contribution in [-0.4, -0.2) is 19.5 Å². The zero-order valence-electron chi connectivity index (χ0n) is 41.2. The Balaban J connectivity index is 1.24. The number of benzene rings is 8. The van der Waals surface area contributed by atoms with Crippen molar-refractivity contribution in [3.05, 3.63) is 194 Å². The van der Waals surface area contributed by atoms with E-state index in [1.807, 2.05) is 109 Å². The first-order chi connectivity index (χ1) is 32.7. The van der Waals surface area contributed by atoms with Crippen LogP contribution >= 0.6 is 0 Å². The molecule has 0 aliphatic carbocycles. The zero-order valence-corrected chi connectivity index (χ0v) is 29.2. The molecule has 0 N–H and O–H groups in total. The third-order valence-corrected chi connectivity index (χ3v) is 9.85. The maximum atomic E-state index is 9.37. The molecule has 3 aromatic heterocycles. The quantitative estimate of drug-likeness (QED) is 0.171. The van der Waals surface area contributed by atoms with Crippen molar-refractivity contribution in [3.63, 3.8) is 0 Å². The molecule has 0 saturated carbocycles. The van der Waals surface area contributed by atoms with Crippen molar-refractivity contribution >= 4 is 43.7 Å². The second-order valence-corrected chi connectivity index (χ2v) is 13.1. The van der Waals surface area contributed by atoms with Crippen molar-refractivity contribution in [2.24, 2.45) is 0 Å². The molecule has 56 heavy (non-hydrogen) atoms. The van der Waals surface area contributed by atoms with Gasteiger partial charge in [-0.3, -0.25) is 0 Å². The van der Waals surface area contributed by atoms with E-state index in [2.05, 4.69) is 0 Å². The molecule has 0 amide bonds. The zero-order chi connectivity index (χ0) is 47.4. The lowest BCUT2D eigenvalue weighted by Crippen LogP contribution is -2.02. The summed E-state index contributed by atoms with van der Waals surface area (Å²) in [5, 5.41) is 1.61. The predicted molar refractivity (Wildman–Crippen MR) is 229 cm³/mol. The van der Waals surface area contributed by atoms with Crippen LogP contribution in [-0.2, 0) is 0 Å². The lowest BCUT2D eigenvalue weighted by molar-refractivity contribution is 0.669. The summed E-state index contributed by atoms with van der Waals surface area (Å²) >= 11 is 0. The molecule has 11 aromatic rings. The lowest BCUT2D eigenvalue weighted by atomic mass is 9.99. The van der Waals surface area contributed by atoms with Crippen LogP contribution in [0.4, 0.5) is 0 Å². The standard InChI is InChI=1S/C51H32N4O/c1-4-15-33(16-5-1)38-23-14-24-42-39-21-10-12-25-44(39)55(48(38)42)45-30-28-36(31-43(45)34-17-6-2-7-18-34)50-52-49(35-19-8-3-9-20-35)53-51(54-50)37-27-29-41-40-22-11-13-26-46(40)56-47(41)32-37/h1-32H/i1D,4D,5D,10D,12D,14D,15D,16D,21D,23D,24D,25D. The number of para-hydroxylation sites is 3. The molecule has 0 aliphatic rings. The Morgan fingerprint density at radius 2 is 1.04 bits per heavy atom. The van der Waals surface area contributed by atoms with Crippen molar-refractivity contribution in [2.45, 2.75) is 0 Å². The third-order valence-electron chi connectivity index (χ3n) is 9.85. The summed E-state index contributed by atoms with van der Waals surface area (Å²) < 4.78 is 115. The highest BCUT2D eigenvalue weighted by Crippen LogP contribution is 2.42. The Hall–Kier alpha value is -7.63. The van der Waals surface area contributed by atoms with Crippen LogP contribution in [0, 0.1) is 0 Å². The minimum atomic E-state index is -0.694. The molecule has 0 atom stereocenters. The molecule has 8 aromatic carbocycles. The summed E-state index contributed by atoms with van der Waals surface area (Å²) in [6, 6.07) is 29.9. The van der Waals surface area contributed by atoms with Gasteiger partial charge in [0.05, 0.1) is 33.2 Å². The summed E-state index contributed by atoms with van der Waals surface area (Å²) in [7, 11) is 0. The number of hydrogen-bond donors (Lipinski definition) is 0. The van der Waals surface area contributed by atoms with Crippen molar-refractivity contribution in [2.75, 3.05) is 0 Å². The van der Waals surface area contributed by atoms with Gasteiger partial charge in [-0.1, -0.05) is 151 Å². The number of fused-ring (bicyclic) bond motifs is 6. The highest BCUT2D eigenvalue weighted by Gasteiger charge is 2.21. The minimum absolute atomic E-state index is 0.113. The number of aromatic nitrogens is 4. The first-order valence-electron chi connectivity index (χ1n) is 23.8. The molecule has 5 nitrogen and oxygen atoms in total. The highest BCUT2D eigenvalue weighted by atomic mass is 16.3. The number of hydrogen-bond acceptors (Lipinski definition) is 4. The average Bonchev–Trinajstić information content (AvgIpc) is 3.93. The van der Waals surface area contributed by atoms with Gasteiger partial charge in [-0.05, 0) is 53.6 Å². The Bertz CT molecular complexity index is 3920. The van der Waals surface area contributed by atoms with E-state index in [0.29, 0.717) is 39.5 Å². The largest absolute Gasteiger partial charge is 0.456 e. The van der Waals surface area contributed by atoms with Gasteiger partial charge < -0.3 is 8.98 Å². The fourth-order valence-electron chi connectivity index (χ4n) is 7.30. The van der Waals surface area contributed by atoms with Crippen molar-refractivity contribution in [1.82, 2.24) is 19.5 Å². The first-order valence-corrected chi connectivity index (χ1v) is 17.8. The normalized spacial score (nSPS) is 14.6. The molecule has 0 radical (unpaired) electrons. The average molecular weight is 729 g/mol. The number of rotatable bonds is 6. The Labute approximate surface area is 339 Å². The summed E-state index contributed by atoms with van der Waals surface area (Å²) in [6.45, 7) is 0. The Morgan fingerprint density at radius 1 is 0.411 bits per heavy atom. The number of nitrogens with zero attached hydrogens (tertiary/aromatic N) is 4. The molecular formula is C51H32N4O. The van der Waals surface area contributed by atoms with Crippen LogP contribution in [0.1, 0.15) is 16.4 Å². The molecular weight excluding hydrogens is 685 g/mol. The maximum Gasteiger partial charge on any atom is 0.164 e. The summed E-state index contributed by atoms with van der Waals surface area (Å²) in [6.07, 6.45) is 0. The number of furan rings is 1.